The van der Waals surface area contributed by atoms with Crippen LogP contribution in [0.5, 0.6) is 0 Å². The number of rotatable bonds is 5. The van der Waals surface area contributed by atoms with Gasteiger partial charge >= 0.3 is 17.9 Å². The lowest BCUT2D eigenvalue weighted by molar-refractivity contribution is -0.146. The molecule has 0 radical (unpaired) electrons. The minimum atomic E-state index is -0.718. The minimum absolute atomic E-state index is 0.127. The third-order valence-corrected chi connectivity index (χ3v) is 4.78. The molecule has 1 fully saturated rings. The molecule has 8 heteroatoms. The van der Waals surface area contributed by atoms with E-state index in [-0.39, 0.29) is 18.8 Å². The van der Waals surface area contributed by atoms with Crippen LogP contribution in [0, 0.1) is 0 Å². The molecule has 0 aromatic heterocycles. The molecular formula is C12H16O6S2. The van der Waals surface area contributed by atoms with Crippen LogP contribution in [-0.2, 0) is 28.6 Å². The Hall–Kier alpha value is -1.15. The first-order valence-electron chi connectivity index (χ1n) is 6.04. The predicted octanol–water partition coefficient (Wildman–Crippen LogP) is 1.69. The van der Waals surface area contributed by atoms with Crippen LogP contribution in [-0.4, -0.2) is 42.3 Å². The normalized spacial score (nSPS) is 17.6. The highest BCUT2D eigenvalue weighted by molar-refractivity contribution is 8.25. The maximum absolute atomic E-state index is 11.9. The highest BCUT2D eigenvalue weighted by atomic mass is 32.2. The average Bonchev–Trinajstić information content (AvgIpc) is 2.77. The Kier molecular flexibility index (Phi) is 6.94. The Morgan fingerprint density at radius 2 is 1.70 bits per heavy atom. The molecule has 0 amide bonds. The van der Waals surface area contributed by atoms with Crippen molar-refractivity contribution in [2.75, 3.05) is 19.0 Å². The van der Waals surface area contributed by atoms with Gasteiger partial charge in [0.05, 0.1) is 17.5 Å². The van der Waals surface area contributed by atoms with Crippen LogP contribution < -0.4 is 0 Å². The molecular weight excluding hydrogens is 304 g/mol. The number of thioether (sulfide) groups is 2. The highest BCUT2D eigenvalue weighted by Gasteiger charge is 2.33. The second kappa shape index (κ2) is 8.21. The van der Waals surface area contributed by atoms with Crippen molar-refractivity contribution in [3.05, 3.63) is 9.81 Å². The lowest BCUT2D eigenvalue weighted by atomic mass is 10.3. The smallest absolute Gasteiger partial charge is 0.347 e. The fourth-order valence-corrected chi connectivity index (χ4v) is 4.01. The van der Waals surface area contributed by atoms with E-state index < -0.39 is 23.3 Å². The number of hydrogen-bond acceptors (Lipinski definition) is 8. The number of esters is 3. The van der Waals surface area contributed by atoms with Gasteiger partial charge in [-0.05, 0) is 13.8 Å². The van der Waals surface area contributed by atoms with E-state index in [2.05, 4.69) is 0 Å². The van der Waals surface area contributed by atoms with E-state index >= 15 is 0 Å². The average molecular weight is 320 g/mol. The summed E-state index contributed by atoms with van der Waals surface area (Å²) in [5.41, 5.74) is -0.537. The molecule has 6 nitrogen and oxygen atoms in total. The third kappa shape index (κ3) is 4.75. The molecule has 0 spiro atoms. The number of hydrogen-bond donors (Lipinski definition) is 0. The molecule has 1 rings (SSSR count). The molecule has 112 valence electrons. The summed E-state index contributed by atoms with van der Waals surface area (Å²) >= 11 is 2.43. The van der Waals surface area contributed by atoms with Gasteiger partial charge in [-0.3, -0.25) is 4.79 Å². The monoisotopic (exact) mass is 320 g/mol. The Morgan fingerprint density at radius 1 is 1.15 bits per heavy atom. The minimum Gasteiger partial charge on any atom is -0.462 e. The maximum Gasteiger partial charge on any atom is 0.347 e. The number of carbonyl (C=O) groups excluding carboxylic acids is 3. The molecule has 1 saturated heterocycles. The summed E-state index contributed by atoms with van der Waals surface area (Å²) < 4.78 is 15.2. The quantitative estimate of drug-likeness (QED) is 0.249. The van der Waals surface area contributed by atoms with E-state index in [1.165, 1.54) is 18.7 Å². The van der Waals surface area contributed by atoms with Gasteiger partial charge in [0.15, 0.2) is 11.0 Å². The van der Waals surface area contributed by atoms with E-state index in [4.69, 9.17) is 14.2 Å². The number of carbonyl (C=O) groups is 3. The van der Waals surface area contributed by atoms with Gasteiger partial charge < -0.3 is 14.2 Å². The largest absolute Gasteiger partial charge is 0.462 e. The molecule has 0 N–H and O–H groups in total. The van der Waals surface area contributed by atoms with Crippen molar-refractivity contribution in [3.8, 4) is 0 Å². The van der Waals surface area contributed by atoms with E-state index in [9.17, 15) is 14.4 Å². The highest BCUT2D eigenvalue weighted by Crippen LogP contribution is 2.44. The molecule has 0 bridgehead atoms. The van der Waals surface area contributed by atoms with Gasteiger partial charge in [0, 0.05) is 12.7 Å². The summed E-state index contributed by atoms with van der Waals surface area (Å²) in [5, 5.41) is 0. The van der Waals surface area contributed by atoms with Crippen LogP contribution in [0.15, 0.2) is 9.81 Å². The van der Waals surface area contributed by atoms with Crippen molar-refractivity contribution in [1.82, 2.24) is 0 Å². The Morgan fingerprint density at radius 3 is 2.15 bits per heavy atom. The summed E-state index contributed by atoms with van der Waals surface area (Å²) in [7, 11) is 0. The number of ether oxygens (including phenoxy) is 3. The Labute approximate surface area is 125 Å². The van der Waals surface area contributed by atoms with E-state index in [1.54, 1.807) is 13.8 Å². The molecule has 20 heavy (non-hydrogen) atoms. The predicted molar refractivity (Wildman–Crippen MR) is 75.9 cm³/mol. The van der Waals surface area contributed by atoms with Crippen LogP contribution in [0.3, 0.4) is 0 Å². The second-order valence-corrected chi connectivity index (χ2v) is 6.03. The summed E-state index contributed by atoms with van der Waals surface area (Å²) in [6, 6.07) is 0. The van der Waals surface area contributed by atoms with Gasteiger partial charge in [-0.1, -0.05) is 11.8 Å². The lowest BCUT2D eigenvalue weighted by Gasteiger charge is -2.09. The van der Waals surface area contributed by atoms with Crippen molar-refractivity contribution in [1.29, 1.82) is 0 Å². The fourth-order valence-electron chi connectivity index (χ4n) is 1.36. The summed E-state index contributed by atoms with van der Waals surface area (Å²) in [5.74, 6) is -1.37. The molecule has 1 heterocycles. The van der Waals surface area contributed by atoms with Crippen molar-refractivity contribution in [2.24, 2.45) is 0 Å². The second-order valence-electron chi connectivity index (χ2n) is 3.57. The summed E-state index contributed by atoms with van der Waals surface area (Å²) in [6.45, 7) is 4.95. The Balaban J connectivity index is 2.91. The van der Waals surface area contributed by atoms with Gasteiger partial charge in [0.2, 0.25) is 0 Å². The fraction of sp³-hybridized carbons (Fsp3) is 0.583. The zero-order chi connectivity index (χ0) is 15.1. The zero-order valence-corrected chi connectivity index (χ0v) is 13.1. The third-order valence-electron chi connectivity index (χ3n) is 2.05. The van der Waals surface area contributed by atoms with Gasteiger partial charge in [-0.2, -0.15) is 0 Å². The van der Waals surface area contributed by atoms with Crippen LogP contribution in [0.25, 0.3) is 0 Å². The van der Waals surface area contributed by atoms with Crippen LogP contribution in [0.2, 0.25) is 0 Å². The first kappa shape index (κ1) is 16.9. The first-order valence-corrected chi connectivity index (χ1v) is 7.91. The molecule has 0 saturated carbocycles. The zero-order valence-electron chi connectivity index (χ0n) is 11.5. The van der Waals surface area contributed by atoms with Gasteiger partial charge in [0.25, 0.3) is 0 Å². The summed E-state index contributed by atoms with van der Waals surface area (Å²) in [4.78, 5) is 34.6. The molecule has 0 aromatic carbocycles. The first-order chi connectivity index (χ1) is 9.49. The molecule has 1 aliphatic rings. The molecule has 1 unspecified atom stereocenters. The van der Waals surface area contributed by atoms with Crippen LogP contribution >= 0.6 is 23.5 Å². The maximum atomic E-state index is 11.9. The van der Waals surface area contributed by atoms with Gasteiger partial charge in [-0.15, -0.1) is 11.8 Å². The molecule has 1 aliphatic heterocycles. The van der Waals surface area contributed by atoms with E-state index in [0.29, 0.717) is 9.99 Å². The lowest BCUT2D eigenvalue weighted by Crippen LogP contribution is -2.19. The van der Waals surface area contributed by atoms with Gasteiger partial charge in [0.1, 0.15) is 0 Å². The topological polar surface area (TPSA) is 78.9 Å². The van der Waals surface area contributed by atoms with E-state index in [0.717, 1.165) is 11.8 Å². The van der Waals surface area contributed by atoms with Crippen molar-refractivity contribution in [3.63, 3.8) is 0 Å². The van der Waals surface area contributed by atoms with Crippen molar-refractivity contribution < 1.29 is 28.6 Å². The SMILES string of the molecule is CCOC(=O)C(C(=O)OCC)=C1SCC(OC(C)=O)S1. The van der Waals surface area contributed by atoms with Crippen molar-refractivity contribution in [2.45, 2.75) is 26.2 Å². The van der Waals surface area contributed by atoms with Gasteiger partial charge in [-0.25, -0.2) is 9.59 Å². The molecule has 0 aromatic rings. The standard InChI is InChI=1S/C12H16O6S2/c1-4-16-10(14)9(11(15)17-5-2)12-19-6-8(20-12)18-7(3)13/h8H,4-6H2,1-3H3. The van der Waals surface area contributed by atoms with E-state index in [1.807, 2.05) is 0 Å². The van der Waals surface area contributed by atoms with Crippen LogP contribution in [0.4, 0.5) is 0 Å². The molecule has 0 aliphatic carbocycles. The van der Waals surface area contributed by atoms with Crippen molar-refractivity contribution >= 4 is 41.4 Å². The Bertz CT molecular complexity index is 412. The summed E-state index contributed by atoms with van der Waals surface area (Å²) in [6.07, 6.45) is 0. The van der Waals surface area contributed by atoms with Crippen LogP contribution in [0.1, 0.15) is 20.8 Å². The molecule has 1 atom stereocenters.